The number of aromatic nitrogens is 3. The zero-order valence-corrected chi connectivity index (χ0v) is 28.7. The molecule has 2 aromatic carbocycles. The number of alkyl halides is 3. The quantitative estimate of drug-likeness (QED) is 0.192. The molecule has 0 radical (unpaired) electrons. The first-order chi connectivity index (χ1) is 23.5. The number of fused-ring (bicyclic) bond motifs is 1. The van der Waals surface area contributed by atoms with Crippen molar-refractivity contribution in [1.29, 1.82) is 0 Å². The van der Waals surface area contributed by atoms with Crippen LogP contribution >= 0.6 is 0 Å². The first kappa shape index (κ1) is 37.8. The number of likely N-dealkylation sites (N-methyl/N-ethyl adjacent to an activating group) is 1. The number of hydrogen-bond acceptors (Lipinski definition) is 8. The van der Waals surface area contributed by atoms with Crippen molar-refractivity contribution in [2.75, 3.05) is 40.8 Å². The number of hydrogen-bond donors (Lipinski definition) is 1. The summed E-state index contributed by atoms with van der Waals surface area (Å²) in [6.45, 7) is 5.51. The Morgan fingerprint density at radius 3 is 2.32 bits per heavy atom. The number of amides is 2. The molecule has 0 spiro atoms. The Morgan fingerprint density at radius 1 is 1.02 bits per heavy atom. The van der Waals surface area contributed by atoms with E-state index in [9.17, 15) is 31.9 Å². The van der Waals surface area contributed by atoms with E-state index in [-0.39, 0.29) is 41.9 Å². The summed E-state index contributed by atoms with van der Waals surface area (Å²) in [5.41, 5.74) is -2.17. The zero-order valence-electron chi connectivity index (χ0n) is 28.7. The van der Waals surface area contributed by atoms with Crippen LogP contribution in [0.4, 0.5) is 22.4 Å². The predicted octanol–water partition coefficient (Wildman–Crippen LogP) is 5.54. The topological polar surface area (TPSA) is 119 Å². The van der Waals surface area contributed by atoms with E-state index in [0.29, 0.717) is 30.1 Å². The number of methoxy groups -OCH3 is 1. The molecule has 2 aromatic heterocycles. The van der Waals surface area contributed by atoms with Crippen LogP contribution in [-0.4, -0.2) is 82.8 Å². The number of carbonyl (C=O) groups excluding carboxylic acids is 2. The lowest BCUT2D eigenvalue weighted by molar-refractivity contribution is -0.140. The molecule has 1 unspecified atom stereocenters. The molecule has 0 saturated heterocycles. The molecule has 0 aliphatic heterocycles. The molecule has 50 heavy (non-hydrogen) atoms. The smallest absolute Gasteiger partial charge is 0.419 e. The molecule has 4 aromatic rings. The second-order valence-corrected chi connectivity index (χ2v) is 12.8. The molecule has 2 heterocycles. The van der Waals surface area contributed by atoms with Crippen LogP contribution in [0.15, 0.2) is 65.6 Å². The molecule has 1 atom stereocenters. The summed E-state index contributed by atoms with van der Waals surface area (Å²) in [5.74, 6) is -1.44. The number of rotatable bonds is 12. The Bertz CT molecular complexity index is 1870. The van der Waals surface area contributed by atoms with E-state index in [1.807, 2.05) is 4.90 Å². The highest BCUT2D eigenvalue weighted by Crippen LogP contribution is 2.32. The van der Waals surface area contributed by atoms with E-state index in [2.05, 4.69) is 10.3 Å². The van der Waals surface area contributed by atoms with Crippen molar-refractivity contribution in [2.24, 2.45) is 0 Å². The Kier molecular flexibility index (Phi) is 11.8. The molecule has 4 rings (SSSR count). The normalized spacial score (nSPS) is 12.5. The maximum absolute atomic E-state index is 14.6. The third-order valence-electron chi connectivity index (χ3n) is 7.56. The first-order valence-electron chi connectivity index (χ1n) is 15.8. The van der Waals surface area contributed by atoms with Gasteiger partial charge in [0.15, 0.2) is 5.65 Å². The molecule has 2 amide bonds. The molecular formula is C35H40F4N6O5. The SMILES string of the molecule is COc1ccc(-n2c(C(CCNC(=O)OC(C)(C)C)N(CCN(C)C)C(=O)Cc3ccc(C(F)(F)F)c(F)c3)nc3ncccc3c2=O)cc1. The summed E-state index contributed by atoms with van der Waals surface area (Å²) < 4.78 is 66.4. The lowest BCUT2D eigenvalue weighted by Crippen LogP contribution is -2.44. The van der Waals surface area contributed by atoms with Crippen molar-refractivity contribution in [3.63, 3.8) is 0 Å². The Balaban J connectivity index is 1.87. The summed E-state index contributed by atoms with van der Waals surface area (Å²) in [6.07, 6.45) is -4.57. The van der Waals surface area contributed by atoms with Crippen LogP contribution in [0.1, 0.15) is 50.2 Å². The third-order valence-corrected chi connectivity index (χ3v) is 7.56. The number of pyridine rings is 1. The maximum Gasteiger partial charge on any atom is 0.419 e. The van der Waals surface area contributed by atoms with Gasteiger partial charge >= 0.3 is 12.3 Å². The fourth-order valence-electron chi connectivity index (χ4n) is 5.23. The lowest BCUT2D eigenvalue weighted by Gasteiger charge is -2.34. The average molecular weight is 701 g/mol. The Morgan fingerprint density at radius 2 is 1.72 bits per heavy atom. The zero-order chi connectivity index (χ0) is 36.8. The molecule has 0 bridgehead atoms. The van der Waals surface area contributed by atoms with E-state index < -0.39 is 53.2 Å². The van der Waals surface area contributed by atoms with Crippen LogP contribution in [0.3, 0.4) is 0 Å². The second kappa shape index (κ2) is 15.7. The number of ether oxygens (including phenoxy) is 2. The molecule has 11 nitrogen and oxygen atoms in total. The van der Waals surface area contributed by atoms with Crippen LogP contribution < -0.4 is 15.6 Å². The first-order valence-corrected chi connectivity index (χ1v) is 15.8. The van der Waals surface area contributed by atoms with Crippen LogP contribution in [0.2, 0.25) is 0 Å². The summed E-state index contributed by atoms with van der Waals surface area (Å²) in [5, 5.41) is 2.90. The lowest BCUT2D eigenvalue weighted by atomic mass is 10.0. The Labute approximate surface area is 286 Å². The fraction of sp³-hybridized carbons (Fsp3) is 0.400. The summed E-state index contributed by atoms with van der Waals surface area (Å²) in [6, 6.07) is 11.1. The minimum Gasteiger partial charge on any atom is -0.497 e. The van der Waals surface area contributed by atoms with Gasteiger partial charge in [0.2, 0.25) is 5.91 Å². The van der Waals surface area contributed by atoms with E-state index >= 15 is 0 Å². The van der Waals surface area contributed by atoms with Crippen molar-refractivity contribution < 1.29 is 36.6 Å². The molecule has 0 saturated carbocycles. The highest BCUT2D eigenvalue weighted by atomic mass is 19.4. The van der Waals surface area contributed by atoms with Gasteiger partial charge in [0, 0.05) is 25.8 Å². The van der Waals surface area contributed by atoms with Crippen LogP contribution in [-0.2, 0) is 22.1 Å². The largest absolute Gasteiger partial charge is 0.497 e. The summed E-state index contributed by atoms with van der Waals surface area (Å²) in [7, 11) is 5.08. The van der Waals surface area contributed by atoms with Gasteiger partial charge < -0.3 is 24.6 Å². The molecule has 0 aliphatic carbocycles. The number of nitrogens with zero attached hydrogens (tertiary/aromatic N) is 5. The molecule has 15 heteroatoms. The van der Waals surface area contributed by atoms with Crippen molar-refractivity contribution in [2.45, 2.75) is 51.4 Å². The fourth-order valence-corrected chi connectivity index (χ4v) is 5.23. The highest BCUT2D eigenvalue weighted by Gasteiger charge is 2.35. The number of halogens is 4. The van der Waals surface area contributed by atoms with Gasteiger partial charge in [-0.1, -0.05) is 6.07 Å². The van der Waals surface area contributed by atoms with Crippen molar-refractivity contribution >= 4 is 23.0 Å². The van der Waals surface area contributed by atoms with E-state index in [1.54, 1.807) is 71.3 Å². The number of alkyl carbamates (subject to hydrolysis) is 1. The van der Waals surface area contributed by atoms with E-state index in [0.717, 1.165) is 6.07 Å². The monoisotopic (exact) mass is 700 g/mol. The molecule has 0 fully saturated rings. The van der Waals surface area contributed by atoms with Gasteiger partial charge in [-0.15, -0.1) is 0 Å². The minimum atomic E-state index is -4.91. The number of benzene rings is 2. The van der Waals surface area contributed by atoms with Crippen LogP contribution in [0, 0.1) is 5.82 Å². The van der Waals surface area contributed by atoms with E-state index in [1.165, 1.54) is 22.8 Å². The number of carbonyl (C=O) groups is 2. The van der Waals surface area contributed by atoms with Crippen LogP contribution in [0.5, 0.6) is 5.75 Å². The molecular weight excluding hydrogens is 660 g/mol. The molecule has 1 N–H and O–H groups in total. The van der Waals surface area contributed by atoms with Gasteiger partial charge in [-0.3, -0.25) is 14.2 Å². The Hall–Kier alpha value is -5.05. The highest BCUT2D eigenvalue weighted by molar-refractivity contribution is 5.80. The van der Waals surface area contributed by atoms with Gasteiger partial charge in [-0.05, 0) is 95.4 Å². The summed E-state index contributed by atoms with van der Waals surface area (Å²) in [4.78, 5) is 53.3. The molecule has 268 valence electrons. The van der Waals surface area contributed by atoms with Crippen molar-refractivity contribution in [1.82, 2.24) is 29.7 Å². The van der Waals surface area contributed by atoms with Gasteiger partial charge in [0.05, 0.1) is 36.2 Å². The van der Waals surface area contributed by atoms with Gasteiger partial charge in [-0.2, -0.15) is 13.2 Å². The van der Waals surface area contributed by atoms with Crippen molar-refractivity contribution in [3.8, 4) is 11.4 Å². The third kappa shape index (κ3) is 9.55. The average Bonchev–Trinajstić information content (AvgIpc) is 3.02. The van der Waals surface area contributed by atoms with Gasteiger partial charge in [0.1, 0.15) is 23.0 Å². The van der Waals surface area contributed by atoms with Gasteiger partial charge in [0.25, 0.3) is 5.56 Å². The standard InChI is InChI=1S/C35H40F4N6O5/c1-34(2,3)50-33(48)41-17-15-28(44(19-18-43(4)5)29(46)21-22-9-14-26(27(36)20-22)35(37,38)39)31-42-30-25(8-7-16-40-30)32(47)45(31)23-10-12-24(49-6)13-11-23/h7-14,16,20,28H,15,17-19,21H2,1-6H3,(H,41,48). The second-order valence-electron chi connectivity index (χ2n) is 12.8. The maximum atomic E-state index is 14.6. The minimum absolute atomic E-state index is 0.0154. The van der Waals surface area contributed by atoms with Crippen molar-refractivity contribution in [3.05, 3.63) is 93.9 Å². The summed E-state index contributed by atoms with van der Waals surface area (Å²) >= 11 is 0. The van der Waals surface area contributed by atoms with Gasteiger partial charge in [-0.25, -0.2) is 19.2 Å². The van der Waals surface area contributed by atoms with E-state index in [4.69, 9.17) is 14.5 Å². The van der Waals surface area contributed by atoms with Crippen LogP contribution in [0.25, 0.3) is 16.7 Å². The number of nitrogens with one attached hydrogen (secondary N) is 1. The predicted molar refractivity (Wildman–Crippen MR) is 179 cm³/mol. The molecule has 0 aliphatic rings.